The molecule has 0 aromatic carbocycles. The minimum Gasteiger partial charge on any atom is -0.359 e. The maximum absolute atomic E-state index is 10.1. The molecule has 1 unspecified atom stereocenters. The van der Waals surface area contributed by atoms with Crippen molar-refractivity contribution >= 4 is 24.2 Å². The lowest BCUT2D eigenvalue weighted by molar-refractivity contribution is -0.109. The monoisotopic (exact) mass is 269 g/mol. The van der Waals surface area contributed by atoms with Crippen LogP contribution in [-0.4, -0.2) is 31.1 Å². The molecular weight excluding hydrogens is 246 g/mol. The van der Waals surface area contributed by atoms with Crippen LogP contribution in [-0.2, 0) is 4.79 Å². The van der Waals surface area contributed by atoms with Crippen molar-refractivity contribution in [2.75, 3.05) is 18.8 Å². The first-order chi connectivity index (χ1) is 8.76. The van der Waals surface area contributed by atoms with E-state index in [-0.39, 0.29) is 5.92 Å². The van der Waals surface area contributed by atoms with Crippen LogP contribution in [0.25, 0.3) is 0 Å². The predicted molar refractivity (Wildman–Crippen MR) is 80.8 cm³/mol. The van der Waals surface area contributed by atoms with Gasteiger partial charge in [0.2, 0.25) is 6.41 Å². The Morgan fingerprint density at radius 2 is 2.33 bits per heavy atom. The highest BCUT2D eigenvalue weighted by atomic mass is 32.2. The molecule has 5 heteroatoms. The van der Waals surface area contributed by atoms with Gasteiger partial charge in [0.15, 0.2) is 0 Å². The van der Waals surface area contributed by atoms with Gasteiger partial charge in [0.05, 0.1) is 0 Å². The van der Waals surface area contributed by atoms with Crippen LogP contribution in [0.3, 0.4) is 0 Å². The molecule has 0 aromatic rings. The molecule has 0 saturated heterocycles. The number of aliphatic imine (C=N–C) groups is 1. The van der Waals surface area contributed by atoms with Crippen molar-refractivity contribution in [3.63, 3.8) is 0 Å². The normalized spacial score (nSPS) is 13.3. The molecule has 1 amide bonds. The molecule has 0 spiro atoms. The molecule has 0 aliphatic heterocycles. The summed E-state index contributed by atoms with van der Waals surface area (Å²) in [6.45, 7) is 9.20. The Morgan fingerprint density at radius 3 is 2.94 bits per heavy atom. The van der Waals surface area contributed by atoms with Gasteiger partial charge in [0, 0.05) is 24.8 Å². The van der Waals surface area contributed by atoms with Crippen LogP contribution in [0.2, 0.25) is 0 Å². The molecule has 0 heterocycles. The fourth-order valence-corrected chi connectivity index (χ4v) is 1.85. The average molecular weight is 269 g/mol. The highest BCUT2D eigenvalue weighted by molar-refractivity contribution is 7.98. The van der Waals surface area contributed by atoms with Gasteiger partial charge in [-0.2, -0.15) is 0 Å². The molecule has 0 fully saturated rings. The van der Waals surface area contributed by atoms with E-state index < -0.39 is 0 Å². The molecule has 1 atom stereocenters. The van der Waals surface area contributed by atoms with Gasteiger partial charge in [-0.1, -0.05) is 25.2 Å². The van der Waals surface area contributed by atoms with Gasteiger partial charge in [0.25, 0.3) is 0 Å². The number of carbonyl (C=O) groups is 1. The first-order valence-electron chi connectivity index (χ1n) is 6.09. The lowest BCUT2D eigenvalue weighted by Gasteiger charge is -2.12. The van der Waals surface area contributed by atoms with Crippen molar-refractivity contribution in [2.24, 2.45) is 10.9 Å². The van der Waals surface area contributed by atoms with Gasteiger partial charge >= 0.3 is 0 Å². The number of rotatable bonds is 10. The first-order valence-corrected chi connectivity index (χ1v) is 7.07. The second kappa shape index (κ2) is 12.2. The van der Waals surface area contributed by atoms with Crippen molar-refractivity contribution in [3.05, 3.63) is 24.8 Å². The summed E-state index contributed by atoms with van der Waals surface area (Å²) in [5, 5.41) is 2.62. The van der Waals surface area contributed by atoms with Crippen LogP contribution in [0.1, 0.15) is 20.3 Å². The quantitative estimate of drug-likeness (QED) is 0.160. The fraction of sp³-hybridized carbons (Fsp3) is 0.538. The van der Waals surface area contributed by atoms with Crippen molar-refractivity contribution in [3.8, 4) is 0 Å². The summed E-state index contributed by atoms with van der Waals surface area (Å²) in [6.07, 6.45) is 7.52. The van der Waals surface area contributed by atoms with Gasteiger partial charge in [-0.3, -0.25) is 9.79 Å². The van der Waals surface area contributed by atoms with Crippen LogP contribution in [0.15, 0.2) is 29.8 Å². The maximum Gasteiger partial charge on any atom is 0.207 e. The van der Waals surface area contributed by atoms with E-state index in [1.165, 1.54) is 0 Å². The van der Waals surface area contributed by atoms with E-state index in [0.717, 1.165) is 18.0 Å². The summed E-state index contributed by atoms with van der Waals surface area (Å²) < 4.78 is 3.25. The topological polar surface area (TPSA) is 53.5 Å². The van der Waals surface area contributed by atoms with Crippen LogP contribution in [0.5, 0.6) is 0 Å². The first kappa shape index (κ1) is 16.8. The van der Waals surface area contributed by atoms with Crippen LogP contribution in [0, 0.1) is 5.92 Å². The molecule has 18 heavy (non-hydrogen) atoms. The van der Waals surface area contributed by atoms with Crippen LogP contribution < -0.4 is 10.0 Å². The highest BCUT2D eigenvalue weighted by Crippen LogP contribution is 2.03. The van der Waals surface area contributed by atoms with E-state index in [4.69, 9.17) is 0 Å². The van der Waals surface area contributed by atoms with Gasteiger partial charge in [-0.15, -0.1) is 6.58 Å². The predicted octanol–water partition coefficient (Wildman–Crippen LogP) is 2.16. The van der Waals surface area contributed by atoms with Gasteiger partial charge in [-0.05, 0) is 25.3 Å². The van der Waals surface area contributed by atoms with Gasteiger partial charge in [0.1, 0.15) is 5.84 Å². The maximum atomic E-state index is 10.1. The Bertz CT molecular complexity index is 290. The summed E-state index contributed by atoms with van der Waals surface area (Å²) in [5.74, 6) is 2.05. The Kier molecular flexibility index (Phi) is 11.4. The van der Waals surface area contributed by atoms with Gasteiger partial charge in [-0.25, -0.2) is 0 Å². The van der Waals surface area contributed by atoms with Crippen LogP contribution in [0.4, 0.5) is 0 Å². The third-order valence-electron chi connectivity index (χ3n) is 2.22. The number of carbonyl (C=O) groups excluding carboxylic acids is 1. The standard InChI is InChI=1S/C13H23N3OS/c1-4-6-10-18-16-13(12(3)5-2)15-9-7-8-14-11-17/h4-6,11-12H,2,7-10H2,1,3H3,(H,14,17)(H,15,16)/b6-4-. The minimum absolute atomic E-state index is 0.210. The number of nitrogens with zero attached hydrogens (tertiary/aromatic N) is 1. The number of hydrogen-bond donors (Lipinski definition) is 2. The zero-order chi connectivity index (χ0) is 13.6. The summed E-state index contributed by atoms with van der Waals surface area (Å²) >= 11 is 1.61. The highest BCUT2D eigenvalue weighted by Gasteiger charge is 2.05. The Balaban J connectivity index is 4.07. The molecule has 0 radical (unpaired) electrons. The molecule has 2 N–H and O–H groups in total. The second-order valence-corrected chi connectivity index (χ2v) is 4.53. The summed E-state index contributed by atoms with van der Waals surface area (Å²) in [5.41, 5.74) is 0. The SMILES string of the molecule is C=CC(C)C(=NCCCNC=O)NSC/C=C\C. The number of nitrogens with one attached hydrogen (secondary N) is 2. The largest absolute Gasteiger partial charge is 0.359 e. The van der Waals surface area contributed by atoms with E-state index in [1.54, 1.807) is 11.9 Å². The third kappa shape index (κ3) is 8.87. The van der Waals surface area contributed by atoms with Crippen LogP contribution >= 0.6 is 11.9 Å². The van der Waals surface area contributed by atoms with E-state index >= 15 is 0 Å². The van der Waals surface area contributed by atoms with Gasteiger partial charge < -0.3 is 10.0 Å². The zero-order valence-corrected chi connectivity index (χ0v) is 12.0. The number of amidine groups is 1. The number of amides is 1. The second-order valence-electron chi connectivity index (χ2n) is 3.70. The molecule has 0 aromatic heterocycles. The summed E-state index contributed by atoms with van der Waals surface area (Å²) in [6, 6.07) is 0. The lowest BCUT2D eigenvalue weighted by Crippen LogP contribution is -2.24. The molecule has 0 aliphatic carbocycles. The fourth-order valence-electron chi connectivity index (χ4n) is 1.08. The number of hydrogen-bond acceptors (Lipinski definition) is 3. The summed E-state index contributed by atoms with van der Waals surface area (Å²) in [4.78, 5) is 14.6. The Labute approximate surface area is 114 Å². The summed E-state index contributed by atoms with van der Waals surface area (Å²) in [7, 11) is 0. The van der Waals surface area contributed by atoms with E-state index in [9.17, 15) is 4.79 Å². The third-order valence-corrected chi connectivity index (χ3v) is 2.93. The Morgan fingerprint density at radius 1 is 1.56 bits per heavy atom. The zero-order valence-electron chi connectivity index (χ0n) is 11.2. The van der Waals surface area contributed by atoms with Crippen molar-refractivity contribution in [2.45, 2.75) is 20.3 Å². The molecule has 0 saturated carbocycles. The average Bonchev–Trinajstić information content (AvgIpc) is 2.40. The minimum atomic E-state index is 0.210. The van der Waals surface area contributed by atoms with Crippen molar-refractivity contribution < 1.29 is 4.79 Å². The lowest BCUT2D eigenvalue weighted by atomic mass is 10.1. The molecule has 0 bridgehead atoms. The molecule has 0 aliphatic rings. The smallest absolute Gasteiger partial charge is 0.207 e. The molecule has 0 rings (SSSR count). The molecular formula is C13H23N3OS. The van der Waals surface area contributed by atoms with Crippen molar-refractivity contribution in [1.29, 1.82) is 0 Å². The van der Waals surface area contributed by atoms with Crippen molar-refractivity contribution in [1.82, 2.24) is 10.0 Å². The van der Waals surface area contributed by atoms with E-state index in [2.05, 4.69) is 34.6 Å². The molecule has 4 nitrogen and oxygen atoms in total. The van der Waals surface area contributed by atoms with E-state index in [0.29, 0.717) is 19.5 Å². The Hall–Kier alpha value is -1.23. The molecule has 102 valence electrons. The van der Waals surface area contributed by atoms with E-state index in [1.807, 2.05) is 19.1 Å². The number of allylic oxidation sites excluding steroid dienone is 1.